The molecule has 0 aromatic carbocycles. The SMILES string of the molecule is Cc1ncncc1CCS(=O)(=O)F. The van der Waals surface area contributed by atoms with Crippen molar-refractivity contribution < 1.29 is 12.3 Å². The highest BCUT2D eigenvalue weighted by Gasteiger charge is 2.08. The summed E-state index contributed by atoms with van der Waals surface area (Å²) in [7, 11) is -4.39. The average Bonchev–Trinajstić information content (AvgIpc) is 2.01. The lowest BCUT2D eigenvalue weighted by Crippen LogP contribution is -2.04. The van der Waals surface area contributed by atoms with E-state index in [1.807, 2.05) is 0 Å². The summed E-state index contributed by atoms with van der Waals surface area (Å²) in [5.41, 5.74) is 1.34. The van der Waals surface area contributed by atoms with Crippen molar-refractivity contribution in [3.05, 3.63) is 23.8 Å². The molecule has 1 rings (SSSR count). The molecule has 0 spiro atoms. The summed E-state index contributed by atoms with van der Waals surface area (Å²) in [5.74, 6) is -0.513. The van der Waals surface area contributed by atoms with Gasteiger partial charge in [0.1, 0.15) is 6.33 Å². The molecular weight excluding hydrogens is 195 g/mol. The van der Waals surface area contributed by atoms with Crippen LogP contribution in [0.2, 0.25) is 0 Å². The van der Waals surface area contributed by atoms with Gasteiger partial charge in [-0.25, -0.2) is 9.97 Å². The van der Waals surface area contributed by atoms with Crippen molar-refractivity contribution >= 4 is 10.2 Å². The van der Waals surface area contributed by atoms with Crippen LogP contribution in [0.1, 0.15) is 11.3 Å². The van der Waals surface area contributed by atoms with Gasteiger partial charge in [0.2, 0.25) is 0 Å². The first kappa shape index (κ1) is 10.0. The van der Waals surface area contributed by atoms with Crippen molar-refractivity contribution in [3.63, 3.8) is 0 Å². The van der Waals surface area contributed by atoms with Gasteiger partial charge in [0.05, 0.1) is 5.75 Å². The van der Waals surface area contributed by atoms with Crippen LogP contribution in [0.15, 0.2) is 12.5 Å². The Morgan fingerprint density at radius 2 is 2.23 bits per heavy atom. The van der Waals surface area contributed by atoms with E-state index in [9.17, 15) is 12.3 Å². The Bertz CT molecular complexity index is 391. The van der Waals surface area contributed by atoms with Crippen LogP contribution in [-0.4, -0.2) is 24.1 Å². The number of aryl methyl sites for hydroxylation is 2. The Balaban J connectivity index is 2.71. The van der Waals surface area contributed by atoms with E-state index in [4.69, 9.17) is 0 Å². The molecule has 72 valence electrons. The van der Waals surface area contributed by atoms with Crippen LogP contribution < -0.4 is 0 Å². The lowest BCUT2D eigenvalue weighted by molar-refractivity contribution is 0.551. The molecule has 0 aliphatic carbocycles. The maximum Gasteiger partial charge on any atom is 0.302 e. The van der Waals surface area contributed by atoms with Crippen LogP contribution in [0, 0.1) is 6.92 Å². The molecule has 13 heavy (non-hydrogen) atoms. The monoisotopic (exact) mass is 204 g/mol. The minimum absolute atomic E-state index is 0.117. The van der Waals surface area contributed by atoms with Gasteiger partial charge in [0.15, 0.2) is 0 Å². The maximum absolute atomic E-state index is 12.1. The van der Waals surface area contributed by atoms with E-state index in [0.29, 0.717) is 11.3 Å². The van der Waals surface area contributed by atoms with Gasteiger partial charge in [-0.15, -0.1) is 3.89 Å². The van der Waals surface area contributed by atoms with Crippen LogP contribution in [0.5, 0.6) is 0 Å². The standard InChI is InChI=1S/C7H9FN2O2S/c1-6-7(4-9-5-10-6)2-3-13(8,11)12/h4-5H,2-3H2,1H3. The summed E-state index contributed by atoms with van der Waals surface area (Å²) in [6.07, 6.45) is 2.97. The smallest absolute Gasteiger partial charge is 0.245 e. The van der Waals surface area contributed by atoms with Gasteiger partial charge in [-0.3, -0.25) is 0 Å². The highest BCUT2D eigenvalue weighted by Crippen LogP contribution is 2.05. The van der Waals surface area contributed by atoms with Crippen molar-refractivity contribution in [2.75, 3.05) is 5.75 Å². The summed E-state index contributed by atoms with van der Waals surface area (Å²) in [4.78, 5) is 7.57. The first-order valence-corrected chi connectivity index (χ1v) is 5.22. The van der Waals surface area contributed by atoms with Crippen molar-refractivity contribution in [1.29, 1.82) is 0 Å². The molecule has 0 unspecified atom stereocenters. The Labute approximate surface area is 76.1 Å². The summed E-state index contributed by atoms with van der Waals surface area (Å²) < 4.78 is 32.6. The second-order valence-electron chi connectivity index (χ2n) is 2.63. The first-order valence-electron chi connectivity index (χ1n) is 3.67. The number of hydrogen-bond donors (Lipinski definition) is 0. The summed E-state index contributed by atoms with van der Waals surface area (Å²) in [6.45, 7) is 1.72. The van der Waals surface area contributed by atoms with Gasteiger partial charge >= 0.3 is 10.2 Å². The molecule has 4 nitrogen and oxygen atoms in total. The van der Waals surface area contributed by atoms with Gasteiger partial charge in [0.25, 0.3) is 0 Å². The molecule has 1 aromatic heterocycles. The van der Waals surface area contributed by atoms with E-state index in [2.05, 4.69) is 9.97 Å². The highest BCUT2D eigenvalue weighted by molar-refractivity contribution is 7.86. The first-order chi connectivity index (χ1) is 5.99. The molecular formula is C7H9FN2O2S. The van der Waals surface area contributed by atoms with E-state index < -0.39 is 16.0 Å². The molecule has 0 saturated carbocycles. The van der Waals surface area contributed by atoms with E-state index in [-0.39, 0.29) is 6.42 Å². The Morgan fingerprint density at radius 1 is 1.54 bits per heavy atom. The Hall–Kier alpha value is -1.04. The van der Waals surface area contributed by atoms with Crippen LogP contribution in [-0.2, 0) is 16.6 Å². The lowest BCUT2D eigenvalue weighted by Gasteiger charge is -2.00. The van der Waals surface area contributed by atoms with E-state index >= 15 is 0 Å². The zero-order chi connectivity index (χ0) is 9.90. The number of halogens is 1. The number of aromatic nitrogens is 2. The quantitative estimate of drug-likeness (QED) is 0.677. The van der Waals surface area contributed by atoms with Gasteiger partial charge < -0.3 is 0 Å². The third-order valence-electron chi connectivity index (χ3n) is 1.63. The molecule has 0 aliphatic heterocycles. The van der Waals surface area contributed by atoms with Crippen LogP contribution >= 0.6 is 0 Å². The molecule has 0 radical (unpaired) electrons. The fraction of sp³-hybridized carbons (Fsp3) is 0.429. The predicted octanol–water partition coefficient (Wildman–Crippen LogP) is 0.627. The molecule has 1 aromatic rings. The predicted molar refractivity (Wildman–Crippen MR) is 45.4 cm³/mol. The van der Waals surface area contributed by atoms with Crippen LogP contribution in [0.25, 0.3) is 0 Å². The molecule has 0 amide bonds. The molecule has 0 fully saturated rings. The minimum Gasteiger partial charge on any atom is -0.245 e. The fourth-order valence-electron chi connectivity index (χ4n) is 0.897. The maximum atomic E-state index is 12.1. The number of nitrogens with zero attached hydrogens (tertiary/aromatic N) is 2. The topological polar surface area (TPSA) is 59.9 Å². The molecule has 6 heteroatoms. The molecule has 0 saturated heterocycles. The second kappa shape index (κ2) is 3.78. The van der Waals surface area contributed by atoms with Gasteiger partial charge in [-0.05, 0) is 18.9 Å². The zero-order valence-electron chi connectivity index (χ0n) is 7.07. The minimum atomic E-state index is -4.39. The van der Waals surface area contributed by atoms with Crippen molar-refractivity contribution in [2.24, 2.45) is 0 Å². The molecule has 0 N–H and O–H groups in total. The fourth-order valence-corrected chi connectivity index (χ4v) is 1.36. The number of hydrogen-bond acceptors (Lipinski definition) is 4. The van der Waals surface area contributed by atoms with Crippen molar-refractivity contribution in [1.82, 2.24) is 9.97 Å². The molecule has 1 heterocycles. The lowest BCUT2D eigenvalue weighted by atomic mass is 10.2. The van der Waals surface area contributed by atoms with E-state index in [1.54, 1.807) is 6.92 Å². The Morgan fingerprint density at radius 3 is 2.77 bits per heavy atom. The van der Waals surface area contributed by atoms with Crippen molar-refractivity contribution in [2.45, 2.75) is 13.3 Å². The normalized spacial score (nSPS) is 11.5. The summed E-state index contributed by atoms with van der Waals surface area (Å²) >= 11 is 0. The largest absolute Gasteiger partial charge is 0.302 e. The van der Waals surface area contributed by atoms with Crippen LogP contribution in [0.3, 0.4) is 0 Å². The zero-order valence-corrected chi connectivity index (χ0v) is 7.88. The summed E-state index contributed by atoms with van der Waals surface area (Å²) in [6, 6.07) is 0. The van der Waals surface area contributed by atoms with Gasteiger partial charge in [-0.1, -0.05) is 0 Å². The number of rotatable bonds is 3. The van der Waals surface area contributed by atoms with Crippen LogP contribution in [0.4, 0.5) is 3.89 Å². The Kier molecular flexibility index (Phi) is 2.92. The molecule has 0 aliphatic rings. The molecule has 0 bridgehead atoms. The van der Waals surface area contributed by atoms with Crippen molar-refractivity contribution in [3.8, 4) is 0 Å². The van der Waals surface area contributed by atoms with E-state index in [1.165, 1.54) is 12.5 Å². The average molecular weight is 204 g/mol. The summed E-state index contributed by atoms with van der Waals surface area (Å²) in [5, 5.41) is 0. The molecule has 0 atom stereocenters. The van der Waals surface area contributed by atoms with Gasteiger partial charge in [0, 0.05) is 11.9 Å². The third kappa shape index (κ3) is 3.45. The third-order valence-corrected chi connectivity index (χ3v) is 2.32. The second-order valence-corrected chi connectivity index (χ2v) is 4.11. The van der Waals surface area contributed by atoms with E-state index in [0.717, 1.165) is 0 Å². The van der Waals surface area contributed by atoms with Gasteiger partial charge in [-0.2, -0.15) is 8.42 Å². The highest BCUT2D eigenvalue weighted by atomic mass is 32.3.